The van der Waals surface area contributed by atoms with Gasteiger partial charge >= 0.3 is 12.0 Å². The van der Waals surface area contributed by atoms with E-state index < -0.39 is 5.97 Å². The monoisotopic (exact) mass is 460 g/mol. The zero-order valence-electron chi connectivity index (χ0n) is 18.6. The van der Waals surface area contributed by atoms with Crippen LogP contribution in [0, 0.1) is 5.92 Å². The van der Waals surface area contributed by atoms with Crippen LogP contribution in [-0.2, 0) is 9.53 Å². The van der Waals surface area contributed by atoms with Gasteiger partial charge in [0.1, 0.15) is 11.5 Å². The largest absolute Gasteiger partial charge is 0.480 e. The second kappa shape index (κ2) is 11.8. The Labute approximate surface area is 193 Å². The summed E-state index contributed by atoms with van der Waals surface area (Å²) in [7, 11) is 0. The summed E-state index contributed by atoms with van der Waals surface area (Å²) >= 11 is 1.22. The van der Waals surface area contributed by atoms with E-state index in [9.17, 15) is 9.59 Å². The lowest BCUT2D eigenvalue weighted by Gasteiger charge is -2.36. The van der Waals surface area contributed by atoms with Crippen molar-refractivity contribution in [3.05, 3.63) is 42.1 Å². The van der Waals surface area contributed by atoms with E-state index in [4.69, 9.17) is 9.84 Å². The van der Waals surface area contributed by atoms with Crippen LogP contribution in [0.5, 0.6) is 0 Å². The predicted octanol–water partition coefficient (Wildman–Crippen LogP) is 4.83. The number of aliphatic carboxylic acids is 1. The molecule has 32 heavy (non-hydrogen) atoms. The number of anilines is 2. The maximum absolute atomic E-state index is 13.1. The Morgan fingerprint density at radius 2 is 1.97 bits per heavy atom. The molecule has 0 bridgehead atoms. The fraction of sp³-hybridized carbons (Fsp3) is 0.522. The minimum Gasteiger partial charge on any atom is -0.480 e. The lowest BCUT2D eigenvalue weighted by molar-refractivity contribution is -0.134. The van der Waals surface area contributed by atoms with Crippen LogP contribution in [0.15, 0.2) is 36.5 Å². The second-order valence-electron chi connectivity index (χ2n) is 8.24. The molecule has 1 heterocycles. The first-order chi connectivity index (χ1) is 15.4. The standard InChI is InChI=1S/C23H32N4O4S/c1-16-8-10-19(11-9-16)27(12-13-31-17(2)18-6-4-3-5-7-18)23(30)26-22-25-14-20(32-22)24-15-21(28)29/h3-7,14,16-17,19,24H,8-13,15H2,1-2H3,(H,28,29)(H,25,26,30). The van der Waals surface area contributed by atoms with Crippen LogP contribution in [0.1, 0.15) is 51.2 Å². The number of hydrogen-bond acceptors (Lipinski definition) is 6. The molecule has 174 valence electrons. The molecule has 1 saturated carbocycles. The summed E-state index contributed by atoms with van der Waals surface area (Å²) in [5.74, 6) is -0.265. The van der Waals surface area contributed by atoms with Crippen molar-refractivity contribution >= 4 is 33.5 Å². The Kier molecular flexibility index (Phi) is 8.87. The van der Waals surface area contributed by atoms with Gasteiger partial charge in [-0.2, -0.15) is 0 Å². The van der Waals surface area contributed by atoms with Crippen molar-refractivity contribution in [3.63, 3.8) is 0 Å². The molecule has 1 fully saturated rings. The molecule has 0 spiro atoms. The highest BCUT2D eigenvalue weighted by Gasteiger charge is 2.28. The Hall–Kier alpha value is -2.65. The number of urea groups is 1. The average Bonchev–Trinajstić information content (AvgIpc) is 3.23. The molecule has 1 aliphatic carbocycles. The van der Waals surface area contributed by atoms with Gasteiger partial charge in [-0.25, -0.2) is 9.78 Å². The summed E-state index contributed by atoms with van der Waals surface area (Å²) in [4.78, 5) is 29.9. The van der Waals surface area contributed by atoms with Gasteiger partial charge in [0.05, 0.1) is 18.9 Å². The van der Waals surface area contributed by atoms with E-state index in [1.807, 2.05) is 42.2 Å². The number of rotatable bonds is 10. The number of amides is 2. The van der Waals surface area contributed by atoms with Gasteiger partial charge in [0.15, 0.2) is 5.13 Å². The van der Waals surface area contributed by atoms with Crippen LogP contribution in [0.25, 0.3) is 0 Å². The predicted molar refractivity (Wildman–Crippen MR) is 126 cm³/mol. The van der Waals surface area contributed by atoms with Gasteiger partial charge < -0.3 is 20.1 Å². The first-order valence-corrected chi connectivity index (χ1v) is 11.9. The van der Waals surface area contributed by atoms with Gasteiger partial charge in [-0.3, -0.25) is 10.1 Å². The summed E-state index contributed by atoms with van der Waals surface area (Å²) in [5.41, 5.74) is 1.11. The van der Waals surface area contributed by atoms with Gasteiger partial charge in [0.25, 0.3) is 0 Å². The number of carbonyl (C=O) groups excluding carboxylic acids is 1. The van der Waals surface area contributed by atoms with E-state index in [-0.39, 0.29) is 24.7 Å². The van der Waals surface area contributed by atoms with Crippen molar-refractivity contribution in [2.45, 2.75) is 51.7 Å². The normalized spacial score (nSPS) is 19.2. The van der Waals surface area contributed by atoms with E-state index in [2.05, 4.69) is 22.5 Å². The topological polar surface area (TPSA) is 104 Å². The van der Waals surface area contributed by atoms with Crippen LogP contribution in [0.4, 0.5) is 14.9 Å². The summed E-state index contributed by atoms with van der Waals surface area (Å²) in [6, 6.07) is 10.0. The maximum atomic E-state index is 13.1. The average molecular weight is 461 g/mol. The summed E-state index contributed by atoms with van der Waals surface area (Å²) in [6.07, 6.45) is 5.65. The molecule has 0 aliphatic heterocycles. The van der Waals surface area contributed by atoms with Crippen LogP contribution in [-0.4, -0.2) is 52.7 Å². The highest BCUT2D eigenvalue weighted by atomic mass is 32.1. The molecule has 3 N–H and O–H groups in total. The Bertz CT molecular complexity index is 868. The zero-order valence-corrected chi connectivity index (χ0v) is 19.4. The molecule has 8 nitrogen and oxygen atoms in total. The Morgan fingerprint density at radius 1 is 1.25 bits per heavy atom. The number of thiazole rings is 1. The van der Waals surface area contributed by atoms with Crippen LogP contribution in [0.3, 0.4) is 0 Å². The van der Waals surface area contributed by atoms with Gasteiger partial charge in [-0.1, -0.05) is 48.6 Å². The molecular weight excluding hydrogens is 428 g/mol. The molecule has 0 radical (unpaired) electrons. The third-order valence-electron chi connectivity index (χ3n) is 5.79. The van der Waals surface area contributed by atoms with E-state index in [1.165, 1.54) is 17.5 Å². The molecule has 2 amide bonds. The van der Waals surface area contributed by atoms with E-state index in [1.54, 1.807) is 0 Å². The lowest BCUT2D eigenvalue weighted by Crippen LogP contribution is -2.46. The lowest BCUT2D eigenvalue weighted by atomic mass is 9.86. The molecule has 1 unspecified atom stereocenters. The quantitative estimate of drug-likeness (QED) is 0.469. The molecule has 1 atom stereocenters. The smallest absolute Gasteiger partial charge is 0.323 e. The number of carboxylic acid groups (broad SMARTS) is 1. The molecule has 1 aromatic heterocycles. The Balaban J connectivity index is 1.59. The molecule has 1 aromatic carbocycles. The number of aromatic nitrogens is 1. The minimum absolute atomic E-state index is 0.0469. The van der Waals surface area contributed by atoms with Crippen molar-refractivity contribution in [1.29, 1.82) is 0 Å². The molecule has 3 rings (SSSR count). The van der Waals surface area contributed by atoms with Crippen molar-refractivity contribution < 1.29 is 19.4 Å². The number of carboxylic acids is 1. The second-order valence-corrected chi connectivity index (χ2v) is 9.27. The van der Waals surface area contributed by atoms with E-state index in [0.29, 0.717) is 29.2 Å². The van der Waals surface area contributed by atoms with Gasteiger partial charge in [0, 0.05) is 12.6 Å². The van der Waals surface area contributed by atoms with E-state index >= 15 is 0 Å². The maximum Gasteiger partial charge on any atom is 0.323 e. The summed E-state index contributed by atoms with van der Waals surface area (Å²) in [5, 5.41) is 15.5. The fourth-order valence-corrected chi connectivity index (χ4v) is 4.59. The SMILES string of the molecule is CC1CCC(N(CCOC(C)c2ccccc2)C(=O)Nc2ncc(NCC(=O)O)s2)CC1. The number of nitrogens with one attached hydrogen (secondary N) is 2. The highest BCUT2D eigenvalue weighted by molar-refractivity contribution is 7.19. The van der Waals surface area contributed by atoms with Gasteiger partial charge in [-0.05, 0) is 44.1 Å². The highest BCUT2D eigenvalue weighted by Crippen LogP contribution is 2.29. The number of hydrogen-bond donors (Lipinski definition) is 3. The number of ether oxygens (including phenoxy) is 1. The van der Waals surface area contributed by atoms with Gasteiger partial charge in [-0.15, -0.1) is 0 Å². The van der Waals surface area contributed by atoms with Crippen molar-refractivity contribution in [1.82, 2.24) is 9.88 Å². The third kappa shape index (κ3) is 7.20. The zero-order chi connectivity index (χ0) is 22.9. The van der Waals surface area contributed by atoms with Crippen molar-refractivity contribution in [3.8, 4) is 0 Å². The molecule has 9 heteroatoms. The number of nitrogens with zero attached hydrogens (tertiary/aromatic N) is 2. The van der Waals surface area contributed by atoms with Crippen molar-refractivity contribution in [2.75, 3.05) is 30.3 Å². The van der Waals surface area contributed by atoms with Crippen LogP contribution in [0.2, 0.25) is 0 Å². The summed E-state index contributed by atoms with van der Waals surface area (Å²) < 4.78 is 6.03. The molecule has 0 saturated heterocycles. The number of benzene rings is 1. The van der Waals surface area contributed by atoms with Crippen LogP contribution >= 0.6 is 11.3 Å². The fourth-order valence-electron chi connectivity index (χ4n) is 3.89. The third-order valence-corrected chi connectivity index (χ3v) is 6.66. The molecule has 2 aromatic rings. The van der Waals surface area contributed by atoms with Crippen LogP contribution < -0.4 is 10.6 Å². The first-order valence-electron chi connectivity index (χ1n) is 11.1. The van der Waals surface area contributed by atoms with Crippen molar-refractivity contribution in [2.24, 2.45) is 5.92 Å². The minimum atomic E-state index is -0.952. The summed E-state index contributed by atoms with van der Waals surface area (Å²) in [6.45, 7) is 5.02. The molecular formula is C23H32N4O4S. The van der Waals surface area contributed by atoms with Gasteiger partial charge in [0.2, 0.25) is 0 Å². The van der Waals surface area contributed by atoms with E-state index in [0.717, 1.165) is 31.2 Å². The first kappa shape index (κ1) is 24.0. The Morgan fingerprint density at radius 3 is 2.66 bits per heavy atom. The molecule has 1 aliphatic rings. The number of carbonyl (C=O) groups is 2.